The van der Waals surface area contributed by atoms with Crippen LogP contribution in [-0.2, 0) is 9.53 Å². The Hall–Kier alpha value is -0.451. The summed E-state index contributed by atoms with van der Waals surface area (Å²) in [5, 5.41) is 0. The molecule has 0 aliphatic carbocycles. The molecular formula is C19H34O3Sn. The van der Waals surface area contributed by atoms with Crippen molar-refractivity contribution >= 4 is 24.3 Å². The third kappa shape index (κ3) is 6.52. The summed E-state index contributed by atoms with van der Waals surface area (Å²) in [5.74, 6) is 0.719. The molecular weight excluding hydrogens is 395 g/mol. The molecule has 1 atom stereocenters. The summed E-state index contributed by atoms with van der Waals surface area (Å²) in [6.45, 7) is 8.30. The van der Waals surface area contributed by atoms with E-state index in [0.717, 1.165) is 5.76 Å². The van der Waals surface area contributed by atoms with E-state index in [1.165, 1.54) is 58.8 Å². The molecule has 0 bridgehead atoms. The molecule has 0 saturated carbocycles. The van der Waals surface area contributed by atoms with Crippen LogP contribution in [0.5, 0.6) is 0 Å². The number of esters is 1. The van der Waals surface area contributed by atoms with E-state index in [1.54, 1.807) is 6.26 Å². The summed E-state index contributed by atoms with van der Waals surface area (Å²) in [7, 11) is 0. The van der Waals surface area contributed by atoms with E-state index in [-0.39, 0.29) is 10.1 Å². The SMILES string of the molecule is CCC[CH2][Sn]([CH2]CCC)([CH2]CCC)[CH](OC(C)=O)c1ccco1. The number of carbonyl (C=O) groups excluding carboxylic acids is 1. The second-order valence-electron chi connectivity index (χ2n) is 6.68. The minimum atomic E-state index is -2.71. The van der Waals surface area contributed by atoms with Gasteiger partial charge in [-0.05, 0) is 0 Å². The Bertz CT molecular complexity index is 406. The van der Waals surface area contributed by atoms with Crippen LogP contribution in [0.4, 0.5) is 0 Å². The maximum absolute atomic E-state index is 11.8. The van der Waals surface area contributed by atoms with Gasteiger partial charge in [-0.15, -0.1) is 0 Å². The molecule has 0 aromatic carbocycles. The van der Waals surface area contributed by atoms with Gasteiger partial charge in [0.2, 0.25) is 0 Å². The Morgan fingerprint density at radius 2 is 1.61 bits per heavy atom. The third-order valence-electron chi connectivity index (χ3n) is 4.73. The van der Waals surface area contributed by atoms with Crippen molar-refractivity contribution in [2.24, 2.45) is 0 Å². The van der Waals surface area contributed by atoms with Crippen LogP contribution >= 0.6 is 0 Å². The Balaban J connectivity index is 3.17. The number of rotatable bonds is 12. The molecule has 0 aliphatic heterocycles. The summed E-state index contributed by atoms with van der Waals surface area (Å²) in [5.41, 5.74) is 0. The predicted octanol–water partition coefficient (Wildman–Crippen LogP) is 6.27. The van der Waals surface area contributed by atoms with Crippen LogP contribution in [0.3, 0.4) is 0 Å². The number of carbonyl (C=O) groups is 1. The number of ether oxygens (including phenoxy) is 1. The normalized spacial score (nSPS) is 13.0. The molecule has 0 amide bonds. The molecule has 1 unspecified atom stereocenters. The van der Waals surface area contributed by atoms with Crippen LogP contribution in [-0.4, -0.2) is 24.3 Å². The van der Waals surface area contributed by atoms with Gasteiger partial charge in [-0.25, -0.2) is 0 Å². The summed E-state index contributed by atoms with van der Waals surface area (Å²) in [4.78, 5) is 11.8. The van der Waals surface area contributed by atoms with Crippen LogP contribution in [0.15, 0.2) is 22.8 Å². The summed E-state index contributed by atoms with van der Waals surface area (Å²) >= 11 is -2.71. The number of hydrogen-bond donors (Lipinski definition) is 0. The number of furan rings is 1. The molecule has 0 fully saturated rings. The molecule has 0 N–H and O–H groups in total. The standard InChI is InChI=1S/C7H7O3.3C4H9.Sn/c1-6(8)10-5-7-3-2-4-9-7;3*1-3-4-2;/h2-5H,1H3;3*1,3-4H2,2H3;. The van der Waals surface area contributed by atoms with Crippen LogP contribution in [0.1, 0.15) is 76.1 Å². The van der Waals surface area contributed by atoms with E-state index in [9.17, 15) is 4.79 Å². The Morgan fingerprint density at radius 3 is 1.96 bits per heavy atom. The monoisotopic (exact) mass is 430 g/mol. The fourth-order valence-electron chi connectivity index (χ4n) is 3.45. The first-order valence-corrected chi connectivity index (χ1v) is 17.0. The topological polar surface area (TPSA) is 39.4 Å². The Morgan fingerprint density at radius 1 is 1.09 bits per heavy atom. The second kappa shape index (κ2) is 11.2. The first-order chi connectivity index (χ1) is 11.1. The Labute approximate surface area is 146 Å². The molecule has 1 heterocycles. The third-order valence-corrected chi connectivity index (χ3v) is 20.6. The van der Waals surface area contributed by atoms with Gasteiger partial charge >= 0.3 is 146 Å². The summed E-state index contributed by atoms with van der Waals surface area (Å²) < 4.78 is 15.5. The van der Waals surface area contributed by atoms with E-state index in [1.807, 2.05) is 12.1 Å². The van der Waals surface area contributed by atoms with Gasteiger partial charge in [0.15, 0.2) is 0 Å². The molecule has 132 valence electrons. The van der Waals surface area contributed by atoms with Gasteiger partial charge < -0.3 is 0 Å². The van der Waals surface area contributed by atoms with Gasteiger partial charge in [0.05, 0.1) is 0 Å². The fraction of sp³-hybridized carbons (Fsp3) is 0.737. The van der Waals surface area contributed by atoms with Crippen molar-refractivity contribution in [2.75, 3.05) is 0 Å². The predicted molar refractivity (Wildman–Crippen MR) is 98.1 cm³/mol. The van der Waals surface area contributed by atoms with E-state index < -0.39 is 18.4 Å². The average molecular weight is 429 g/mol. The van der Waals surface area contributed by atoms with Crippen LogP contribution in [0.25, 0.3) is 0 Å². The molecule has 1 aromatic heterocycles. The van der Waals surface area contributed by atoms with Crippen LogP contribution in [0, 0.1) is 0 Å². The van der Waals surface area contributed by atoms with Crippen molar-refractivity contribution in [3.63, 3.8) is 0 Å². The van der Waals surface area contributed by atoms with Crippen molar-refractivity contribution in [3.8, 4) is 0 Å². The zero-order chi connectivity index (χ0) is 17.1. The van der Waals surface area contributed by atoms with Crippen LogP contribution < -0.4 is 0 Å². The molecule has 1 aromatic rings. The van der Waals surface area contributed by atoms with E-state index in [4.69, 9.17) is 9.15 Å². The minimum absolute atomic E-state index is 0.0542. The molecule has 0 radical (unpaired) electrons. The molecule has 0 spiro atoms. The van der Waals surface area contributed by atoms with Gasteiger partial charge in [0.25, 0.3) is 0 Å². The van der Waals surface area contributed by atoms with Crippen molar-refractivity contribution in [1.82, 2.24) is 0 Å². The van der Waals surface area contributed by atoms with Gasteiger partial charge in [-0.2, -0.15) is 0 Å². The number of hydrogen-bond acceptors (Lipinski definition) is 3. The van der Waals surface area contributed by atoms with Gasteiger partial charge in [0, 0.05) is 0 Å². The maximum atomic E-state index is 11.8. The molecule has 1 rings (SSSR count). The van der Waals surface area contributed by atoms with Gasteiger partial charge in [-0.3, -0.25) is 0 Å². The van der Waals surface area contributed by atoms with Gasteiger partial charge in [0.1, 0.15) is 0 Å². The van der Waals surface area contributed by atoms with Crippen molar-refractivity contribution in [1.29, 1.82) is 0 Å². The fourth-order valence-corrected chi connectivity index (χ4v) is 20.3. The molecule has 0 aliphatic rings. The molecule has 0 saturated heterocycles. The second-order valence-corrected chi connectivity index (χ2v) is 20.2. The van der Waals surface area contributed by atoms with Gasteiger partial charge in [-0.1, -0.05) is 0 Å². The number of unbranched alkanes of at least 4 members (excludes halogenated alkanes) is 3. The Kier molecular flexibility index (Phi) is 10.00. The summed E-state index contributed by atoms with van der Waals surface area (Å²) in [6.07, 6.45) is 9.10. The van der Waals surface area contributed by atoms with Crippen molar-refractivity contribution in [2.45, 2.75) is 83.6 Å². The average Bonchev–Trinajstić information content (AvgIpc) is 3.06. The first kappa shape index (κ1) is 20.6. The molecule has 23 heavy (non-hydrogen) atoms. The zero-order valence-electron chi connectivity index (χ0n) is 15.4. The van der Waals surface area contributed by atoms with E-state index >= 15 is 0 Å². The zero-order valence-corrected chi connectivity index (χ0v) is 18.3. The first-order valence-electron chi connectivity index (χ1n) is 9.30. The quantitative estimate of drug-likeness (QED) is 0.290. The van der Waals surface area contributed by atoms with E-state index in [2.05, 4.69) is 20.8 Å². The van der Waals surface area contributed by atoms with Crippen molar-refractivity contribution < 1.29 is 13.9 Å². The molecule has 3 nitrogen and oxygen atoms in total. The summed E-state index contributed by atoms with van der Waals surface area (Å²) in [6, 6.07) is 3.92. The molecule has 4 heteroatoms. The van der Waals surface area contributed by atoms with Crippen LogP contribution in [0.2, 0.25) is 13.3 Å². The van der Waals surface area contributed by atoms with Crippen molar-refractivity contribution in [3.05, 3.63) is 24.2 Å². The van der Waals surface area contributed by atoms with E-state index in [0.29, 0.717) is 0 Å².